The maximum absolute atomic E-state index is 11.5. The lowest BCUT2D eigenvalue weighted by molar-refractivity contribution is 0.435. The van der Waals surface area contributed by atoms with Gasteiger partial charge in [0.25, 0.3) is 10.1 Å². The van der Waals surface area contributed by atoms with Crippen molar-refractivity contribution in [3.8, 4) is 0 Å². The molecule has 0 aliphatic rings. The summed E-state index contributed by atoms with van der Waals surface area (Å²) in [6.07, 6.45) is 0. The van der Waals surface area contributed by atoms with Gasteiger partial charge in [-0.1, -0.05) is 24.3 Å². The van der Waals surface area contributed by atoms with Crippen LogP contribution in [-0.2, 0) is 10.1 Å². The van der Waals surface area contributed by atoms with Gasteiger partial charge in [0.15, 0.2) is 0 Å². The Morgan fingerprint density at radius 1 is 1.00 bits per heavy atom. The van der Waals surface area contributed by atoms with E-state index < -0.39 is 10.1 Å². The highest BCUT2D eigenvalue weighted by Crippen LogP contribution is 2.28. The van der Waals surface area contributed by atoms with Crippen LogP contribution in [0.1, 0.15) is 20.8 Å². The van der Waals surface area contributed by atoms with Crippen molar-refractivity contribution in [3.05, 3.63) is 36.4 Å². The number of fused-ring (bicyclic) bond motifs is 1. The van der Waals surface area contributed by atoms with E-state index in [1.165, 1.54) is 6.07 Å². The number of hydrogen-bond donors (Lipinski definition) is 3. The van der Waals surface area contributed by atoms with Gasteiger partial charge < -0.3 is 10.6 Å². The van der Waals surface area contributed by atoms with Crippen LogP contribution in [0.5, 0.6) is 0 Å². The molecule has 0 amide bonds. The second-order valence-electron chi connectivity index (χ2n) is 6.24. The normalized spacial score (nSPS) is 12.5. The first-order chi connectivity index (χ1) is 10.2. The number of rotatable bonds is 5. The summed E-state index contributed by atoms with van der Waals surface area (Å²) in [6, 6.07) is 10.2. The Labute approximate surface area is 131 Å². The molecule has 3 N–H and O–H groups in total. The Hall–Kier alpha value is -1.63. The van der Waals surface area contributed by atoms with Gasteiger partial charge in [0.05, 0.1) is 0 Å². The van der Waals surface area contributed by atoms with E-state index in [0.29, 0.717) is 11.9 Å². The molecule has 22 heavy (non-hydrogen) atoms. The Kier molecular flexibility index (Phi) is 4.75. The standard InChI is InChI=1S/C16H22N2O3S/c1-16(2,3)18-11-10-17-14-8-4-7-13-12(14)6-5-9-15(13)22(19,20)21/h4-9,17-18H,10-11H2,1-3H3,(H,19,20,21). The third kappa shape index (κ3) is 4.19. The molecule has 0 saturated heterocycles. The first kappa shape index (κ1) is 16.7. The van der Waals surface area contributed by atoms with Crippen LogP contribution >= 0.6 is 0 Å². The van der Waals surface area contributed by atoms with Gasteiger partial charge in [0.1, 0.15) is 4.90 Å². The molecule has 0 saturated carbocycles. The topological polar surface area (TPSA) is 78.4 Å². The van der Waals surface area contributed by atoms with Gasteiger partial charge in [-0.2, -0.15) is 8.42 Å². The summed E-state index contributed by atoms with van der Waals surface area (Å²) in [7, 11) is -4.23. The van der Waals surface area contributed by atoms with Gasteiger partial charge in [0, 0.05) is 35.1 Å². The van der Waals surface area contributed by atoms with Crippen molar-refractivity contribution < 1.29 is 13.0 Å². The van der Waals surface area contributed by atoms with Gasteiger partial charge in [0.2, 0.25) is 0 Å². The SMILES string of the molecule is CC(C)(C)NCCNc1cccc2c(S(=O)(=O)O)cccc12. The molecule has 120 valence electrons. The Morgan fingerprint density at radius 2 is 1.64 bits per heavy atom. The largest absolute Gasteiger partial charge is 0.383 e. The molecule has 5 nitrogen and oxygen atoms in total. The number of anilines is 1. The molecule has 0 spiro atoms. The minimum atomic E-state index is -4.23. The lowest BCUT2D eigenvalue weighted by Gasteiger charge is -2.21. The molecule has 0 bridgehead atoms. The zero-order valence-electron chi connectivity index (χ0n) is 13.1. The first-order valence-corrected chi connectivity index (χ1v) is 8.61. The van der Waals surface area contributed by atoms with Gasteiger partial charge >= 0.3 is 0 Å². The van der Waals surface area contributed by atoms with Crippen molar-refractivity contribution in [3.63, 3.8) is 0 Å². The van der Waals surface area contributed by atoms with E-state index in [2.05, 4.69) is 31.4 Å². The molecule has 2 aromatic carbocycles. The fourth-order valence-electron chi connectivity index (χ4n) is 2.29. The summed E-state index contributed by atoms with van der Waals surface area (Å²) in [5.41, 5.74) is 0.900. The average molecular weight is 322 g/mol. The van der Waals surface area contributed by atoms with Crippen LogP contribution in [0.25, 0.3) is 10.8 Å². The van der Waals surface area contributed by atoms with E-state index in [9.17, 15) is 13.0 Å². The van der Waals surface area contributed by atoms with Gasteiger partial charge in [-0.25, -0.2) is 0 Å². The number of hydrogen-bond acceptors (Lipinski definition) is 4. The zero-order chi connectivity index (χ0) is 16.4. The average Bonchev–Trinajstić information content (AvgIpc) is 2.41. The lowest BCUT2D eigenvalue weighted by Crippen LogP contribution is -2.38. The summed E-state index contributed by atoms with van der Waals surface area (Å²) in [5, 5.41) is 7.96. The summed E-state index contributed by atoms with van der Waals surface area (Å²) in [4.78, 5) is -0.0681. The molecule has 2 rings (SSSR count). The van der Waals surface area contributed by atoms with Crippen molar-refractivity contribution in [2.75, 3.05) is 18.4 Å². The maximum atomic E-state index is 11.5. The molecule has 6 heteroatoms. The quantitative estimate of drug-likeness (QED) is 0.583. The zero-order valence-corrected chi connectivity index (χ0v) is 13.9. The third-order valence-electron chi connectivity index (χ3n) is 3.26. The summed E-state index contributed by atoms with van der Waals surface area (Å²) < 4.78 is 32.2. The van der Waals surface area contributed by atoms with Gasteiger partial charge in [-0.3, -0.25) is 4.55 Å². The molecule has 2 aromatic rings. The molecular weight excluding hydrogens is 300 g/mol. The molecule has 0 aliphatic carbocycles. The van der Waals surface area contributed by atoms with E-state index in [1.807, 2.05) is 12.1 Å². The Bertz CT molecular complexity index is 765. The molecule has 0 radical (unpaired) electrons. The van der Waals surface area contributed by atoms with Crippen molar-refractivity contribution >= 4 is 26.6 Å². The number of benzene rings is 2. The second-order valence-corrected chi connectivity index (χ2v) is 7.63. The van der Waals surface area contributed by atoms with Crippen LogP contribution in [0.4, 0.5) is 5.69 Å². The fraction of sp³-hybridized carbons (Fsp3) is 0.375. The van der Waals surface area contributed by atoms with Crippen LogP contribution in [0, 0.1) is 0 Å². The first-order valence-electron chi connectivity index (χ1n) is 7.17. The second kappa shape index (κ2) is 6.24. The molecule has 0 aromatic heterocycles. The van der Waals surface area contributed by atoms with Crippen molar-refractivity contribution in [1.29, 1.82) is 0 Å². The minimum absolute atomic E-state index is 0.0541. The van der Waals surface area contributed by atoms with Crippen LogP contribution in [-0.4, -0.2) is 31.6 Å². The van der Waals surface area contributed by atoms with E-state index in [1.54, 1.807) is 18.2 Å². The summed E-state index contributed by atoms with van der Waals surface area (Å²) in [5.74, 6) is 0. The van der Waals surface area contributed by atoms with Crippen molar-refractivity contribution in [2.24, 2.45) is 0 Å². The predicted octanol–water partition coefficient (Wildman–Crippen LogP) is 2.89. The summed E-state index contributed by atoms with van der Waals surface area (Å²) >= 11 is 0. The van der Waals surface area contributed by atoms with Crippen molar-refractivity contribution in [2.45, 2.75) is 31.2 Å². The van der Waals surface area contributed by atoms with Gasteiger partial charge in [-0.05, 0) is 32.9 Å². The molecule has 0 unspecified atom stereocenters. The monoisotopic (exact) mass is 322 g/mol. The Balaban J connectivity index is 2.25. The number of nitrogens with one attached hydrogen (secondary N) is 2. The fourth-order valence-corrected chi connectivity index (χ4v) is 3.00. The van der Waals surface area contributed by atoms with Crippen LogP contribution in [0.15, 0.2) is 41.3 Å². The van der Waals surface area contributed by atoms with E-state index >= 15 is 0 Å². The van der Waals surface area contributed by atoms with E-state index in [4.69, 9.17) is 0 Å². The molecule has 0 aliphatic heterocycles. The maximum Gasteiger partial charge on any atom is 0.295 e. The van der Waals surface area contributed by atoms with Crippen molar-refractivity contribution in [1.82, 2.24) is 5.32 Å². The van der Waals surface area contributed by atoms with Crippen LogP contribution in [0.2, 0.25) is 0 Å². The van der Waals surface area contributed by atoms with Crippen LogP contribution < -0.4 is 10.6 Å². The minimum Gasteiger partial charge on any atom is -0.383 e. The molecule has 0 fully saturated rings. The van der Waals surface area contributed by atoms with E-state index in [0.717, 1.165) is 17.6 Å². The lowest BCUT2D eigenvalue weighted by atomic mass is 10.1. The molecular formula is C16H22N2O3S. The predicted molar refractivity (Wildman–Crippen MR) is 90.0 cm³/mol. The highest BCUT2D eigenvalue weighted by Gasteiger charge is 2.14. The molecule has 0 atom stereocenters. The van der Waals surface area contributed by atoms with Crippen LogP contribution in [0.3, 0.4) is 0 Å². The van der Waals surface area contributed by atoms with Gasteiger partial charge in [-0.15, -0.1) is 0 Å². The molecule has 0 heterocycles. The highest BCUT2D eigenvalue weighted by molar-refractivity contribution is 7.86. The Morgan fingerprint density at radius 3 is 2.27 bits per heavy atom. The smallest absolute Gasteiger partial charge is 0.295 e. The third-order valence-corrected chi connectivity index (χ3v) is 4.17. The highest BCUT2D eigenvalue weighted by atomic mass is 32.2. The van der Waals surface area contributed by atoms with E-state index in [-0.39, 0.29) is 10.4 Å². The summed E-state index contributed by atoms with van der Waals surface area (Å²) in [6.45, 7) is 7.81.